The van der Waals surface area contributed by atoms with E-state index in [-0.39, 0.29) is 106 Å². The number of hydrogen-bond donors (Lipinski definition) is 3. The molecule has 0 bridgehead atoms. The molecule has 1 aliphatic heterocycles. The number of aliphatic hydroxyl groups excluding tert-OH is 1. The van der Waals surface area contributed by atoms with Crippen LogP contribution in [0.3, 0.4) is 0 Å². The number of nitrogens with two attached hydrogens (primary N) is 1. The van der Waals surface area contributed by atoms with Crippen LogP contribution in [0.1, 0.15) is 49.5 Å². The first kappa shape index (κ1) is 35.5. The Balaban J connectivity index is 1.45. The highest BCUT2D eigenvalue weighted by Gasteiger charge is 2.49. The van der Waals surface area contributed by atoms with E-state index in [1.807, 2.05) is 0 Å². The smallest absolute Gasteiger partial charge is 0.270 e. The Morgan fingerprint density at radius 3 is 2.22 bits per heavy atom. The van der Waals surface area contributed by atoms with Gasteiger partial charge in [0.25, 0.3) is 5.91 Å². The Hall–Kier alpha value is -3.33. The second-order valence-electron chi connectivity index (χ2n) is 12.1. The topological polar surface area (TPSA) is 149 Å². The molecule has 2 atom stereocenters. The summed E-state index contributed by atoms with van der Waals surface area (Å²) in [6.45, 7) is 3.41. The number of hydrogen-bond acceptors (Lipinski definition) is 8. The van der Waals surface area contributed by atoms with Crippen LogP contribution in [0.25, 0.3) is 10.9 Å². The zero-order valence-corrected chi connectivity index (χ0v) is 27.0. The van der Waals surface area contributed by atoms with Crippen molar-refractivity contribution in [3.63, 3.8) is 0 Å². The van der Waals surface area contributed by atoms with Gasteiger partial charge in [-0.1, -0.05) is 19.3 Å². The van der Waals surface area contributed by atoms with E-state index in [0.717, 1.165) is 38.2 Å². The lowest BCUT2D eigenvalue weighted by Gasteiger charge is -2.44. The van der Waals surface area contributed by atoms with Crippen LogP contribution >= 0.6 is 0 Å². The molecule has 2 aromatic rings. The molecule has 1 saturated carbocycles. The van der Waals surface area contributed by atoms with Crippen molar-refractivity contribution in [2.45, 2.75) is 44.6 Å². The first-order valence-electron chi connectivity index (χ1n) is 16.0. The average molecular weight is 652 g/mol. The zero-order chi connectivity index (χ0) is 33.4. The maximum Gasteiger partial charge on any atom is 0.270 e. The summed E-state index contributed by atoms with van der Waals surface area (Å²) in [5.41, 5.74) is 5.12. The van der Waals surface area contributed by atoms with Crippen molar-refractivity contribution < 1.29 is 42.5 Å². The standard InChI is InChI=1S/C32H47F2N5O7/c1-32(36-2,31(35)43)26(21-7-5-4-6-8-21)30(42)39-11-9-38(10-12-39)29(41)25-19-22-24(37(25)3)20-23(33)27(34)28(22)46-18-17-45-16-15-44-14-13-40/h19-21,26,36,40H,4-18H2,1-3H3,(H2,35,43)/t26-,32?/m1/s1. The molecule has 1 aliphatic carbocycles. The summed E-state index contributed by atoms with van der Waals surface area (Å²) in [5.74, 6) is -4.23. The number of carbonyl (C=O) groups is 3. The van der Waals surface area contributed by atoms with Gasteiger partial charge in [0.05, 0.1) is 44.5 Å². The molecule has 1 aromatic heterocycles. The number of halogens is 2. The number of aliphatic hydroxyl groups is 1. The van der Waals surface area contributed by atoms with Gasteiger partial charge >= 0.3 is 0 Å². The predicted molar refractivity (Wildman–Crippen MR) is 166 cm³/mol. The molecule has 46 heavy (non-hydrogen) atoms. The molecule has 0 spiro atoms. The number of aromatic nitrogens is 1. The second kappa shape index (κ2) is 16.0. The van der Waals surface area contributed by atoms with E-state index in [1.165, 1.54) is 10.6 Å². The summed E-state index contributed by atoms with van der Waals surface area (Å²) >= 11 is 0. The highest BCUT2D eigenvalue weighted by atomic mass is 19.2. The fourth-order valence-corrected chi connectivity index (χ4v) is 6.63. The minimum absolute atomic E-state index is 0.0244. The maximum atomic E-state index is 14.9. The van der Waals surface area contributed by atoms with Gasteiger partial charge in [-0.25, -0.2) is 4.39 Å². The Bertz CT molecular complexity index is 1370. The van der Waals surface area contributed by atoms with Gasteiger partial charge in [0, 0.05) is 44.7 Å². The van der Waals surface area contributed by atoms with Gasteiger partial charge in [-0.15, -0.1) is 0 Å². The first-order valence-corrected chi connectivity index (χ1v) is 16.0. The Kier molecular flexibility index (Phi) is 12.3. The van der Waals surface area contributed by atoms with Crippen LogP contribution in [0.4, 0.5) is 8.78 Å². The van der Waals surface area contributed by atoms with Crippen LogP contribution in [0, 0.1) is 23.5 Å². The van der Waals surface area contributed by atoms with E-state index in [4.69, 9.17) is 25.1 Å². The van der Waals surface area contributed by atoms with Crippen LogP contribution < -0.4 is 15.8 Å². The highest BCUT2D eigenvalue weighted by Crippen LogP contribution is 2.38. The van der Waals surface area contributed by atoms with E-state index >= 15 is 0 Å². The minimum Gasteiger partial charge on any atom is -0.487 e. The first-order chi connectivity index (χ1) is 22.0. The van der Waals surface area contributed by atoms with Crippen molar-refractivity contribution in [2.24, 2.45) is 24.6 Å². The number of primary amides is 1. The predicted octanol–water partition coefficient (Wildman–Crippen LogP) is 1.81. The lowest BCUT2D eigenvalue weighted by atomic mass is 9.69. The van der Waals surface area contributed by atoms with Gasteiger partial charge in [-0.05, 0) is 38.8 Å². The second-order valence-corrected chi connectivity index (χ2v) is 12.1. The van der Waals surface area contributed by atoms with E-state index < -0.39 is 29.0 Å². The van der Waals surface area contributed by atoms with E-state index in [1.54, 1.807) is 30.8 Å². The van der Waals surface area contributed by atoms with Crippen molar-refractivity contribution in [3.05, 3.63) is 29.5 Å². The molecule has 14 heteroatoms. The molecule has 4 N–H and O–H groups in total. The number of piperazine rings is 1. The Labute approximate surface area is 268 Å². The van der Waals surface area contributed by atoms with Crippen molar-refractivity contribution in [2.75, 3.05) is 72.9 Å². The SMILES string of the molecule is CNC(C)(C(N)=O)[C@@H](C(=O)N1CCN(C(=O)c2cc3c(OCCOCCOCCO)c(F)c(F)cc3n2C)CC1)C1CCCCC1. The molecule has 2 fully saturated rings. The number of aryl methyl sites for hydroxylation is 1. The number of carbonyl (C=O) groups excluding carboxylic acids is 3. The molecule has 1 aromatic carbocycles. The van der Waals surface area contributed by atoms with E-state index in [9.17, 15) is 23.2 Å². The molecular weight excluding hydrogens is 604 g/mol. The van der Waals surface area contributed by atoms with Gasteiger partial charge in [0.2, 0.25) is 17.6 Å². The van der Waals surface area contributed by atoms with Crippen LogP contribution in [0.5, 0.6) is 5.75 Å². The number of rotatable bonds is 15. The average Bonchev–Trinajstić information content (AvgIpc) is 3.39. The van der Waals surface area contributed by atoms with E-state index in [0.29, 0.717) is 0 Å². The quantitative estimate of drug-likeness (QED) is 0.247. The van der Waals surface area contributed by atoms with Crippen LogP contribution in [-0.4, -0.2) is 116 Å². The molecule has 4 rings (SSSR count). The minimum atomic E-state index is -1.21. The van der Waals surface area contributed by atoms with Crippen LogP contribution in [0.15, 0.2) is 12.1 Å². The molecule has 1 saturated heterocycles. The Morgan fingerprint density at radius 2 is 1.61 bits per heavy atom. The maximum absolute atomic E-state index is 14.9. The normalized spacial score (nSPS) is 18.0. The molecule has 1 unspecified atom stereocenters. The third kappa shape index (κ3) is 7.62. The number of amides is 3. The zero-order valence-electron chi connectivity index (χ0n) is 27.0. The van der Waals surface area contributed by atoms with Gasteiger partial charge in [-0.3, -0.25) is 14.4 Å². The van der Waals surface area contributed by atoms with Gasteiger partial charge in [0.1, 0.15) is 17.8 Å². The van der Waals surface area contributed by atoms with Crippen molar-refractivity contribution in [3.8, 4) is 5.75 Å². The summed E-state index contributed by atoms with van der Waals surface area (Å²) in [6, 6.07) is 2.52. The Morgan fingerprint density at radius 1 is 1.00 bits per heavy atom. The lowest BCUT2D eigenvalue weighted by Crippen LogP contribution is -2.64. The molecule has 2 aliphatic rings. The van der Waals surface area contributed by atoms with Gasteiger partial charge < -0.3 is 44.7 Å². The molecule has 12 nitrogen and oxygen atoms in total. The summed E-state index contributed by atoms with van der Waals surface area (Å²) < 4.78 is 47.0. The molecule has 3 amide bonds. The summed E-state index contributed by atoms with van der Waals surface area (Å²) in [6.07, 6.45) is 4.79. The highest BCUT2D eigenvalue weighted by molar-refractivity contribution is 6.00. The van der Waals surface area contributed by atoms with Crippen LogP contribution in [-0.2, 0) is 26.1 Å². The van der Waals surface area contributed by atoms with Crippen molar-refractivity contribution >= 4 is 28.6 Å². The van der Waals surface area contributed by atoms with Gasteiger partial charge in [0.15, 0.2) is 11.6 Å². The summed E-state index contributed by atoms with van der Waals surface area (Å²) in [5, 5.41) is 12.0. The number of ether oxygens (including phenoxy) is 3. The van der Waals surface area contributed by atoms with Gasteiger partial charge in [-0.2, -0.15) is 4.39 Å². The number of fused-ring (bicyclic) bond motifs is 1. The number of nitrogens with zero attached hydrogens (tertiary/aromatic N) is 3. The third-order valence-electron chi connectivity index (χ3n) is 9.42. The van der Waals surface area contributed by atoms with Crippen LogP contribution in [0.2, 0.25) is 0 Å². The fourth-order valence-electron chi connectivity index (χ4n) is 6.63. The molecular formula is C32H47F2N5O7. The largest absolute Gasteiger partial charge is 0.487 e. The van der Waals surface area contributed by atoms with Crippen molar-refractivity contribution in [1.29, 1.82) is 0 Å². The lowest BCUT2D eigenvalue weighted by molar-refractivity contribution is -0.147. The van der Waals surface area contributed by atoms with Crippen molar-refractivity contribution in [1.82, 2.24) is 19.7 Å². The molecule has 2 heterocycles. The summed E-state index contributed by atoms with van der Waals surface area (Å²) in [7, 11) is 3.25. The summed E-state index contributed by atoms with van der Waals surface area (Å²) in [4.78, 5) is 43.6. The molecule has 256 valence electrons. The number of likely N-dealkylation sites (N-methyl/N-ethyl adjacent to an activating group) is 1. The third-order valence-corrected chi connectivity index (χ3v) is 9.42. The van der Waals surface area contributed by atoms with E-state index in [2.05, 4.69) is 5.32 Å². The number of benzene rings is 1. The fraction of sp³-hybridized carbons (Fsp3) is 0.656. The monoisotopic (exact) mass is 651 g/mol. The number of nitrogens with one attached hydrogen (secondary N) is 1. The molecule has 0 radical (unpaired) electrons.